The zero-order chi connectivity index (χ0) is 15.4. The topological polar surface area (TPSA) is 65.3 Å². The highest BCUT2D eigenvalue weighted by Gasteiger charge is 2.19. The van der Waals surface area contributed by atoms with E-state index in [1.54, 1.807) is 28.9 Å². The standard InChI is InChI=1S/C17H15N3O2/c1-13-17(18-16(21)15-10-6-3-7-11-15)22-19-20(13)12-14-8-4-2-5-9-14/h2-11H,12H2,1H3. The molecule has 0 bridgehead atoms. The monoisotopic (exact) mass is 293 g/mol. The Hall–Kier alpha value is -2.95. The van der Waals surface area contributed by atoms with E-state index in [2.05, 4.69) is 10.3 Å². The van der Waals surface area contributed by atoms with Crippen molar-refractivity contribution in [2.24, 2.45) is 4.99 Å². The SMILES string of the molecule is Cc1c(N=C([O-])c2ccccc2)on[n+]1Cc1ccccc1. The zero-order valence-electron chi connectivity index (χ0n) is 12.1. The Bertz CT molecular complexity index is 780. The molecule has 0 saturated heterocycles. The van der Waals surface area contributed by atoms with E-state index in [4.69, 9.17) is 4.52 Å². The maximum absolute atomic E-state index is 12.1. The summed E-state index contributed by atoms with van der Waals surface area (Å²) >= 11 is 0. The highest BCUT2D eigenvalue weighted by Crippen LogP contribution is 2.15. The fraction of sp³-hybridized carbons (Fsp3) is 0.118. The molecule has 5 nitrogen and oxygen atoms in total. The van der Waals surface area contributed by atoms with Crippen LogP contribution in [0.3, 0.4) is 0 Å². The van der Waals surface area contributed by atoms with E-state index in [-0.39, 0.29) is 11.8 Å². The normalized spacial score (nSPS) is 11.6. The molecule has 0 atom stereocenters. The Labute approximate surface area is 128 Å². The van der Waals surface area contributed by atoms with Gasteiger partial charge in [-0.2, -0.15) is 0 Å². The van der Waals surface area contributed by atoms with Gasteiger partial charge in [0.2, 0.25) is 11.8 Å². The third-order valence-corrected chi connectivity index (χ3v) is 3.32. The molecule has 0 fully saturated rings. The number of rotatable bonds is 4. The Morgan fingerprint density at radius 2 is 1.73 bits per heavy atom. The summed E-state index contributed by atoms with van der Waals surface area (Å²) in [6.45, 7) is 2.40. The average Bonchev–Trinajstić information content (AvgIpc) is 2.90. The minimum absolute atomic E-state index is 0.241. The molecule has 5 heteroatoms. The van der Waals surface area contributed by atoms with Crippen LogP contribution in [0.4, 0.5) is 5.88 Å². The van der Waals surface area contributed by atoms with Crippen LogP contribution in [-0.2, 0) is 6.54 Å². The summed E-state index contributed by atoms with van der Waals surface area (Å²) in [5.41, 5.74) is 2.34. The van der Waals surface area contributed by atoms with Gasteiger partial charge < -0.3 is 5.11 Å². The maximum atomic E-state index is 12.1. The van der Waals surface area contributed by atoms with Crippen molar-refractivity contribution in [3.05, 3.63) is 77.5 Å². The van der Waals surface area contributed by atoms with E-state index in [9.17, 15) is 5.11 Å². The smallest absolute Gasteiger partial charge is 0.323 e. The summed E-state index contributed by atoms with van der Waals surface area (Å²) < 4.78 is 6.87. The van der Waals surface area contributed by atoms with Crippen LogP contribution in [0.15, 0.2) is 70.2 Å². The molecule has 110 valence electrons. The number of hydrogen-bond acceptors (Lipinski definition) is 4. The minimum atomic E-state index is -0.341. The van der Waals surface area contributed by atoms with Gasteiger partial charge in [-0.15, -0.1) is 0 Å². The van der Waals surface area contributed by atoms with Crippen molar-refractivity contribution in [3.8, 4) is 0 Å². The third kappa shape index (κ3) is 3.03. The predicted molar refractivity (Wildman–Crippen MR) is 79.6 cm³/mol. The van der Waals surface area contributed by atoms with Gasteiger partial charge in [-0.25, -0.2) is 4.99 Å². The molecule has 1 heterocycles. The molecule has 0 saturated carbocycles. The van der Waals surface area contributed by atoms with Gasteiger partial charge in [0.1, 0.15) is 0 Å². The van der Waals surface area contributed by atoms with Crippen molar-refractivity contribution < 1.29 is 14.3 Å². The molecule has 0 spiro atoms. The van der Waals surface area contributed by atoms with Crippen molar-refractivity contribution in [1.29, 1.82) is 0 Å². The molecule has 0 aliphatic rings. The number of nitrogens with zero attached hydrogens (tertiary/aromatic N) is 3. The van der Waals surface area contributed by atoms with Crippen LogP contribution in [0.2, 0.25) is 0 Å². The third-order valence-electron chi connectivity index (χ3n) is 3.32. The number of aliphatic imine (C=N–C) groups is 1. The molecule has 0 N–H and O–H groups in total. The first kappa shape index (κ1) is 14.0. The molecule has 0 unspecified atom stereocenters. The molecule has 0 aliphatic carbocycles. The van der Waals surface area contributed by atoms with Gasteiger partial charge in [-0.05, 0) is 16.1 Å². The molecular formula is C17H15N3O2. The lowest BCUT2D eigenvalue weighted by molar-refractivity contribution is -0.759. The number of aromatic nitrogens is 2. The summed E-state index contributed by atoms with van der Waals surface area (Å²) in [5.74, 6) is -0.100. The van der Waals surface area contributed by atoms with Gasteiger partial charge in [-0.1, -0.05) is 60.7 Å². The van der Waals surface area contributed by atoms with E-state index in [1.807, 2.05) is 43.3 Å². The Morgan fingerprint density at radius 1 is 1.09 bits per heavy atom. The van der Waals surface area contributed by atoms with Gasteiger partial charge >= 0.3 is 5.88 Å². The fourth-order valence-electron chi connectivity index (χ4n) is 2.07. The lowest BCUT2D eigenvalue weighted by atomic mass is 10.2. The molecule has 0 aliphatic heterocycles. The van der Waals surface area contributed by atoms with Crippen molar-refractivity contribution in [1.82, 2.24) is 5.27 Å². The minimum Gasteiger partial charge on any atom is -0.858 e. The van der Waals surface area contributed by atoms with Crippen LogP contribution in [0.25, 0.3) is 0 Å². The van der Waals surface area contributed by atoms with Crippen LogP contribution in [-0.4, -0.2) is 11.2 Å². The largest absolute Gasteiger partial charge is 0.858 e. The van der Waals surface area contributed by atoms with Crippen LogP contribution in [0.1, 0.15) is 16.8 Å². The second-order valence-corrected chi connectivity index (χ2v) is 4.89. The van der Waals surface area contributed by atoms with Crippen molar-refractivity contribution in [2.45, 2.75) is 13.5 Å². The Kier molecular flexibility index (Phi) is 3.96. The van der Waals surface area contributed by atoms with Gasteiger partial charge in [-0.3, -0.25) is 4.52 Å². The summed E-state index contributed by atoms with van der Waals surface area (Å²) in [5, 5.41) is 16.0. The van der Waals surface area contributed by atoms with Crippen molar-refractivity contribution >= 4 is 11.8 Å². The predicted octanol–water partition coefficient (Wildman–Crippen LogP) is 1.76. The fourth-order valence-corrected chi connectivity index (χ4v) is 2.07. The molecular weight excluding hydrogens is 278 g/mol. The van der Waals surface area contributed by atoms with Crippen LogP contribution >= 0.6 is 0 Å². The number of hydrogen-bond donors (Lipinski definition) is 0. The van der Waals surface area contributed by atoms with Crippen molar-refractivity contribution in [3.63, 3.8) is 0 Å². The number of benzene rings is 2. The molecule has 1 aromatic heterocycles. The summed E-state index contributed by atoms with van der Waals surface area (Å²) in [6.07, 6.45) is 0. The molecule has 22 heavy (non-hydrogen) atoms. The highest BCUT2D eigenvalue weighted by molar-refractivity contribution is 5.91. The van der Waals surface area contributed by atoms with Gasteiger partial charge in [0.05, 0.1) is 0 Å². The van der Waals surface area contributed by atoms with E-state index in [0.717, 1.165) is 5.56 Å². The van der Waals surface area contributed by atoms with Crippen LogP contribution in [0, 0.1) is 6.92 Å². The maximum Gasteiger partial charge on any atom is 0.323 e. The molecule has 2 aromatic carbocycles. The Morgan fingerprint density at radius 3 is 2.41 bits per heavy atom. The van der Waals surface area contributed by atoms with E-state index < -0.39 is 0 Å². The van der Waals surface area contributed by atoms with Crippen molar-refractivity contribution in [2.75, 3.05) is 0 Å². The summed E-state index contributed by atoms with van der Waals surface area (Å²) in [6, 6.07) is 18.8. The van der Waals surface area contributed by atoms with Gasteiger partial charge in [0, 0.05) is 12.5 Å². The van der Waals surface area contributed by atoms with Crippen LogP contribution in [0.5, 0.6) is 0 Å². The highest BCUT2D eigenvalue weighted by atomic mass is 16.5. The second-order valence-electron chi connectivity index (χ2n) is 4.89. The molecule has 0 radical (unpaired) electrons. The molecule has 3 rings (SSSR count). The first-order chi connectivity index (χ1) is 10.7. The zero-order valence-corrected chi connectivity index (χ0v) is 12.1. The average molecular weight is 293 g/mol. The second kappa shape index (κ2) is 6.22. The first-order valence-electron chi connectivity index (χ1n) is 6.95. The summed E-state index contributed by atoms with van der Waals surface area (Å²) in [7, 11) is 0. The lowest BCUT2D eigenvalue weighted by Gasteiger charge is -2.08. The first-order valence-corrected chi connectivity index (χ1v) is 6.95. The van der Waals surface area contributed by atoms with E-state index in [0.29, 0.717) is 17.8 Å². The molecule has 3 aromatic rings. The van der Waals surface area contributed by atoms with Gasteiger partial charge in [0.15, 0.2) is 0 Å². The van der Waals surface area contributed by atoms with Gasteiger partial charge in [0.25, 0.3) is 5.69 Å². The summed E-state index contributed by atoms with van der Waals surface area (Å²) in [4.78, 5) is 4.00. The van der Waals surface area contributed by atoms with E-state index in [1.165, 1.54) is 0 Å². The lowest BCUT2D eigenvalue weighted by Crippen LogP contribution is -2.38. The molecule has 0 amide bonds. The van der Waals surface area contributed by atoms with Crippen LogP contribution < -0.4 is 9.79 Å². The quantitative estimate of drug-likeness (QED) is 0.418. The Balaban J connectivity index is 1.85. The van der Waals surface area contributed by atoms with E-state index >= 15 is 0 Å².